The minimum absolute atomic E-state index is 0.156. The number of methoxy groups -OCH3 is 1. The lowest BCUT2D eigenvalue weighted by Gasteiger charge is -2.23. The Hall–Kier alpha value is -3.49. The highest BCUT2D eigenvalue weighted by atomic mass is 79.9. The van der Waals surface area contributed by atoms with Gasteiger partial charge in [-0.3, -0.25) is 9.69 Å². The number of aromatic nitrogens is 2. The van der Waals surface area contributed by atoms with Crippen molar-refractivity contribution in [2.75, 3.05) is 12.0 Å². The Balaban J connectivity index is 1.64. The van der Waals surface area contributed by atoms with Crippen molar-refractivity contribution in [2.24, 2.45) is 0 Å². The van der Waals surface area contributed by atoms with Gasteiger partial charge in [0.05, 0.1) is 12.8 Å². The van der Waals surface area contributed by atoms with E-state index in [0.717, 1.165) is 15.7 Å². The first-order valence-electron chi connectivity index (χ1n) is 10.7. The molecule has 6 nitrogen and oxygen atoms in total. The number of carbonyl (C=O) groups excluding carboxylic acids is 1. The summed E-state index contributed by atoms with van der Waals surface area (Å²) < 4.78 is 27.7. The molecular formula is C26H21BrFN3O3. The van der Waals surface area contributed by atoms with Crippen molar-refractivity contribution in [3.8, 4) is 22.7 Å². The van der Waals surface area contributed by atoms with Crippen molar-refractivity contribution in [1.82, 2.24) is 9.78 Å². The summed E-state index contributed by atoms with van der Waals surface area (Å²) in [7, 11) is 1.59. The lowest BCUT2D eigenvalue weighted by Crippen LogP contribution is -2.30. The third-order valence-corrected chi connectivity index (χ3v) is 6.25. The molecule has 1 fully saturated rings. The molecule has 5 rings (SSSR count). The Morgan fingerprint density at radius 2 is 1.62 bits per heavy atom. The molecule has 8 heteroatoms. The van der Waals surface area contributed by atoms with Crippen LogP contribution in [0.15, 0.2) is 83.5 Å². The van der Waals surface area contributed by atoms with Gasteiger partial charge in [-0.1, -0.05) is 15.9 Å². The summed E-state index contributed by atoms with van der Waals surface area (Å²) in [5, 5.41) is 4.80. The Bertz CT molecular complexity index is 1320. The zero-order valence-electron chi connectivity index (χ0n) is 18.5. The summed E-state index contributed by atoms with van der Waals surface area (Å²) in [4.78, 5) is 14.8. The number of nitrogens with zero attached hydrogens (tertiary/aromatic N) is 3. The second-order valence-electron chi connectivity index (χ2n) is 7.90. The van der Waals surface area contributed by atoms with Crippen LogP contribution in [0.5, 0.6) is 5.75 Å². The molecule has 172 valence electrons. The van der Waals surface area contributed by atoms with Crippen molar-refractivity contribution >= 4 is 27.5 Å². The quantitative estimate of drug-likeness (QED) is 0.328. The number of rotatable bonds is 5. The molecule has 1 aromatic heterocycles. The van der Waals surface area contributed by atoms with Crippen LogP contribution < -0.4 is 9.64 Å². The second kappa shape index (κ2) is 9.04. The van der Waals surface area contributed by atoms with Crippen LogP contribution in [-0.2, 0) is 9.53 Å². The van der Waals surface area contributed by atoms with Crippen LogP contribution in [-0.4, -0.2) is 28.9 Å². The van der Waals surface area contributed by atoms with Crippen molar-refractivity contribution in [3.05, 3.63) is 94.8 Å². The molecule has 0 saturated carbocycles. The van der Waals surface area contributed by atoms with E-state index in [2.05, 4.69) is 15.9 Å². The van der Waals surface area contributed by atoms with Gasteiger partial charge in [-0.25, -0.2) is 9.07 Å². The average molecular weight is 522 g/mol. The maximum absolute atomic E-state index is 13.6. The van der Waals surface area contributed by atoms with Gasteiger partial charge in [0, 0.05) is 27.5 Å². The SMILES string of the molecule is COc1ccc(N2C(=O)[C@@H](C)O[C@@H]2c2cn(-c3ccc(Br)cc3)nc2-c2ccc(F)cc2)cc1. The van der Waals surface area contributed by atoms with E-state index < -0.39 is 12.3 Å². The van der Waals surface area contributed by atoms with E-state index in [1.54, 1.807) is 47.9 Å². The first-order valence-corrected chi connectivity index (χ1v) is 11.5. The van der Waals surface area contributed by atoms with Crippen molar-refractivity contribution < 1.29 is 18.7 Å². The van der Waals surface area contributed by atoms with Gasteiger partial charge in [0.25, 0.3) is 5.91 Å². The van der Waals surface area contributed by atoms with E-state index in [1.165, 1.54) is 12.1 Å². The molecule has 0 radical (unpaired) electrons. The Morgan fingerprint density at radius 3 is 2.26 bits per heavy atom. The summed E-state index contributed by atoms with van der Waals surface area (Å²) in [5.74, 6) is 0.200. The van der Waals surface area contributed by atoms with Gasteiger partial charge < -0.3 is 9.47 Å². The molecule has 4 aromatic rings. The smallest absolute Gasteiger partial charge is 0.258 e. The first kappa shape index (κ1) is 22.3. The highest BCUT2D eigenvalue weighted by Crippen LogP contribution is 2.40. The zero-order valence-corrected chi connectivity index (χ0v) is 20.1. The predicted octanol–water partition coefficient (Wildman–Crippen LogP) is 5.90. The zero-order chi connectivity index (χ0) is 23.8. The van der Waals surface area contributed by atoms with E-state index in [0.29, 0.717) is 22.7 Å². The van der Waals surface area contributed by atoms with E-state index >= 15 is 0 Å². The number of amides is 1. The maximum atomic E-state index is 13.6. The van der Waals surface area contributed by atoms with Crippen LogP contribution in [0.4, 0.5) is 10.1 Å². The minimum atomic E-state index is -0.708. The van der Waals surface area contributed by atoms with Gasteiger partial charge in [-0.15, -0.1) is 0 Å². The highest BCUT2D eigenvalue weighted by molar-refractivity contribution is 9.10. The molecule has 0 bridgehead atoms. The van der Waals surface area contributed by atoms with Crippen LogP contribution in [0.1, 0.15) is 18.7 Å². The highest BCUT2D eigenvalue weighted by Gasteiger charge is 2.42. The first-order chi connectivity index (χ1) is 16.4. The average Bonchev–Trinajstić information content (AvgIpc) is 3.41. The molecule has 3 aromatic carbocycles. The minimum Gasteiger partial charge on any atom is -0.497 e. The van der Waals surface area contributed by atoms with Crippen LogP contribution in [0, 0.1) is 5.82 Å². The van der Waals surface area contributed by atoms with Crippen LogP contribution >= 0.6 is 15.9 Å². The van der Waals surface area contributed by atoms with Crippen molar-refractivity contribution in [2.45, 2.75) is 19.3 Å². The topological polar surface area (TPSA) is 56.6 Å². The van der Waals surface area contributed by atoms with Gasteiger partial charge in [0.2, 0.25) is 0 Å². The Kier molecular flexibility index (Phi) is 5.93. The van der Waals surface area contributed by atoms with Gasteiger partial charge >= 0.3 is 0 Å². The van der Waals surface area contributed by atoms with Crippen LogP contribution in [0.3, 0.4) is 0 Å². The second-order valence-corrected chi connectivity index (χ2v) is 8.81. The lowest BCUT2D eigenvalue weighted by molar-refractivity contribution is -0.121. The number of benzene rings is 3. The fourth-order valence-electron chi connectivity index (χ4n) is 3.97. The van der Waals surface area contributed by atoms with Crippen LogP contribution in [0.25, 0.3) is 16.9 Å². The summed E-state index contributed by atoms with van der Waals surface area (Å²) in [6.45, 7) is 1.73. The number of ether oxygens (including phenoxy) is 2. The van der Waals surface area contributed by atoms with Gasteiger partial charge in [-0.05, 0) is 79.7 Å². The monoisotopic (exact) mass is 521 g/mol. The largest absolute Gasteiger partial charge is 0.497 e. The summed E-state index contributed by atoms with van der Waals surface area (Å²) in [5.41, 5.74) is 3.54. The van der Waals surface area contributed by atoms with E-state index in [-0.39, 0.29) is 11.7 Å². The summed E-state index contributed by atoms with van der Waals surface area (Å²) >= 11 is 3.45. The number of anilines is 1. The van der Waals surface area contributed by atoms with Gasteiger partial charge in [0.15, 0.2) is 6.23 Å². The van der Waals surface area contributed by atoms with Crippen LogP contribution in [0.2, 0.25) is 0 Å². The predicted molar refractivity (Wildman–Crippen MR) is 130 cm³/mol. The molecule has 34 heavy (non-hydrogen) atoms. The third-order valence-electron chi connectivity index (χ3n) is 5.72. The molecular weight excluding hydrogens is 501 g/mol. The van der Waals surface area contributed by atoms with Gasteiger partial charge in [-0.2, -0.15) is 5.10 Å². The number of carbonyl (C=O) groups is 1. The summed E-state index contributed by atoms with van der Waals surface area (Å²) in [6.07, 6.45) is 0.512. The molecule has 2 atom stereocenters. The lowest BCUT2D eigenvalue weighted by atomic mass is 10.1. The molecule has 0 N–H and O–H groups in total. The molecule has 1 amide bonds. The van der Waals surface area contributed by atoms with Crippen molar-refractivity contribution in [3.63, 3.8) is 0 Å². The molecule has 1 aliphatic rings. The fraction of sp³-hybridized carbons (Fsp3) is 0.154. The molecule has 0 unspecified atom stereocenters. The molecule has 0 spiro atoms. The maximum Gasteiger partial charge on any atom is 0.258 e. The molecule has 0 aliphatic carbocycles. The van der Waals surface area contributed by atoms with E-state index in [9.17, 15) is 9.18 Å². The molecule has 2 heterocycles. The molecule has 1 aliphatic heterocycles. The normalized spacial score (nSPS) is 17.9. The summed E-state index contributed by atoms with van der Waals surface area (Å²) in [6, 6.07) is 21.1. The number of hydrogen-bond donors (Lipinski definition) is 0. The number of halogens is 2. The Morgan fingerprint density at radius 1 is 0.971 bits per heavy atom. The van der Waals surface area contributed by atoms with Gasteiger partial charge in [0.1, 0.15) is 23.4 Å². The third kappa shape index (κ3) is 4.10. The molecule has 1 saturated heterocycles. The van der Waals surface area contributed by atoms with Crippen molar-refractivity contribution in [1.29, 1.82) is 0 Å². The standard InChI is InChI=1S/C26H21BrFN3O3/c1-16-25(32)31(21-11-13-22(33-2)14-12-21)26(34-16)23-15-30(20-9-5-18(27)6-10-20)29-24(23)17-3-7-19(28)8-4-17/h3-16,26H,1-2H3/t16-,26-/m1/s1. The fourth-order valence-corrected chi connectivity index (χ4v) is 4.23. The van der Waals surface area contributed by atoms with E-state index in [4.69, 9.17) is 14.6 Å². The van der Waals surface area contributed by atoms with E-state index in [1.807, 2.05) is 42.6 Å². The Labute approximate surface area is 204 Å². The number of hydrogen-bond acceptors (Lipinski definition) is 4.